The molecule has 6 heteroatoms. The number of urea groups is 1. The van der Waals surface area contributed by atoms with Crippen molar-refractivity contribution in [1.29, 1.82) is 0 Å². The molecule has 1 atom stereocenters. The first kappa shape index (κ1) is 13.8. The van der Waals surface area contributed by atoms with Crippen molar-refractivity contribution in [3.8, 4) is 0 Å². The molecule has 3 heterocycles. The van der Waals surface area contributed by atoms with Crippen molar-refractivity contribution in [1.82, 2.24) is 15.5 Å². The minimum absolute atomic E-state index is 0.0310. The fourth-order valence-corrected chi connectivity index (χ4v) is 3.44. The van der Waals surface area contributed by atoms with E-state index in [-0.39, 0.29) is 23.6 Å². The summed E-state index contributed by atoms with van der Waals surface area (Å²) < 4.78 is 5.90. The van der Waals surface area contributed by atoms with Gasteiger partial charge in [-0.05, 0) is 52.6 Å². The summed E-state index contributed by atoms with van der Waals surface area (Å²) in [5.41, 5.74) is -0.813. The van der Waals surface area contributed by atoms with Gasteiger partial charge in [-0.3, -0.25) is 9.69 Å². The Hall–Kier alpha value is -1.14. The maximum Gasteiger partial charge on any atom is 0.325 e. The van der Waals surface area contributed by atoms with Gasteiger partial charge in [-0.1, -0.05) is 0 Å². The molecule has 0 aromatic rings. The quantitative estimate of drug-likeness (QED) is 0.728. The molecule has 1 unspecified atom stereocenters. The predicted molar refractivity (Wildman–Crippen MR) is 73.3 cm³/mol. The second-order valence-corrected chi connectivity index (χ2v) is 6.72. The summed E-state index contributed by atoms with van der Waals surface area (Å²) >= 11 is 0. The molecule has 20 heavy (non-hydrogen) atoms. The van der Waals surface area contributed by atoms with E-state index in [1.54, 1.807) is 0 Å². The van der Waals surface area contributed by atoms with Gasteiger partial charge in [0.25, 0.3) is 5.91 Å². The third-order valence-electron chi connectivity index (χ3n) is 4.64. The third-order valence-corrected chi connectivity index (χ3v) is 4.64. The van der Waals surface area contributed by atoms with Crippen LogP contribution in [0.1, 0.15) is 39.5 Å². The summed E-state index contributed by atoms with van der Waals surface area (Å²) in [6.45, 7) is 6.02. The molecule has 6 nitrogen and oxygen atoms in total. The van der Waals surface area contributed by atoms with Crippen LogP contribution >= 0.6 is 0 Å². The van der Waals surface area contributed by atoms with Crippen LogP contribution in [-0.2, 0) is 9.53 Å². The summed E-state index contributed by atoms with van der Waals surface area (Å²) in [5.74, 6) is -0.0719. The van der Waals surface area contributed by atoms with E-state index in [4.69, 9.17) is 4.74 Å². The Morgan fingerprint density at radius 1 is 1.25 bits per heavy atom. The van der Waals surface area contributed by atoms with Gasteiger partial charge < -0.3 is 15.4 Å². The van der Waals surface area contributed by atoms with Crippen LogP contribution in [0.5, 0.6) is 0 Å². The fourth-order valence-electron chi connectivity index (χ4n) is 3.44. The van der Waals surface area contributed by atoms with Crippen molar-refractivity contribution in [2.45, 2.75) is 56.8 Å². The molecular formula is C14H23N3O3. The normalized spacial score (nSPS) is 31.9. The zero-order valence-corrected chi connectivity index (χ0v) is 12.2. The Labute approximate surface area is 119 Å². The number of piperidine rings is 1. The first-order valence-corrected chi connectivity index (χ1v) is 7.45. The van der Waals surface area contributed by atoms with Crippen LogP contribution in [0.2, 0.25) is 0 Å². The molecule has 0 aliphatic carbocycles. The number of ether oxygens (including phenoxy) is 1. The number of amides is 3. The molecule has 3 aliphatic rings. The van der Waals surface area contributed by atoms with Gasteiger partial charge in [0, 0.05) is 0 Å². The number of nitrogens with zero attached hydrogens (tertiary/aromatic N) is 1. The van der Waals surface area contributed by atoms with Gasteiger partial charge >= 0.3 is 6.03 Å². The highest BCUT2D eigenvalue weighted by molar-refractivity contribution is 6.07. The number of hydrogen-bond donors (Lipinski definition) is 2. The molecule has 0 aromatic heterocycles. The van der Waals surface area contributed by atoms with Gasteiger partial charge in [0.1, 0.15) is 5.54 Å². The van der Waals surface area contributed by atoms with Gasteiger partial charge in [0.2, 0.25) is 0 Å². The summed E-state index contributed by atoms with van der Waals surface area (Å²) in [6.07, 6.45) is 3.18. The van der Waals surface area contributed by atoms with Crippen LogP contribution < -0.4 is 10.6 Å². The second kappa shape index (κ2) is 4.70. The van der Waals surface area contributed by atoms with Crippen LogP contribution in [0.25, 0.3) is 0 Å². The molecule has 3 fully saturated rings. The Morgan fingerprint density at radius 3 is 2.55 bits per heavy atom. The summed E-state index contributed by atoms with van der Waals surface area (Å²) in [6, 6.07) is -0.259. The lowest BCUT2D eigenvalue weighted by atomic mass is 9.88. The zero-order chi connectivity index (χ0) is 14.4. The SMILES string of the molecule is CC1(C)CCC(CN2C(=O)NC3(CCNCC3)C2=O)O1. The van der Waals surface area contributed by atoms with Crippen molar-refractivity contribution in [2.24, 2.45) is 0 Å². The lowest BCUT2D eigenvalue weighted by Gasteiger charge is -2.31. The summed E-state index contributed by atoms with van der Waals surface area (Å²) in [5, 5.41) is 6.13. The van der Waals surface area contributed by atoms with Crippen molar-refractivity contribution in [3.63, 3.8) is 0 Å². The number of imide groups is 1. The van der Waals surface area contributed by atoms with Crippen molar-refractivity contribution in [3.05, 3.63) is 0 Å². The molecule has 3 rings (SSSR count). The van der Waals surface area contributed by atoms with Crippen LogP contribution in [0.15, 0.2) is 0 Å². The van der Waals surface area contributed by atoms with Crippen LogP contribution in [-0.4, -0.2) is 53.7 Å². The Morgan fingerprint density at radius 2 is 1.95 bits per heavy atom. The van der Waals surface area contributed by atoms with E-state index in [0.717, 1.165) is 25.9 Å². The fraction of sp³-hybridized carbons (Fsp3) is 0.857. The molecule has 3 amide bonds. The number of rotatable bonds is 2. The standard InChI is InChI=1S/C14H23N3O3/c1-13(2)4-3-10(20-13)9-17-11(18)14(16-12(17)19)5-7-15-8-6-14/h10,15H,3-9H2,1-2H3,(H,16,19). The Bertz CT molecular complexity index is 429. The molecule has 2 N–H and O–H groups in total. The van der Waals surface area contributed by atoms with Gasteiger partial charge in [0.05, 0.1) is 18.2 Å². The van der Waals surface area contributed by atoms with E-state index < -0.39 is 5.54 Å². The number of carbonyl (C=O) groups excluding carboxylic acids is 2. The van der Waals surface area contributed by atoms with Crippen LogP contribution in [0.4, 0.5) is 4.79 Å². The predicted octanol–water partition coefficient (Wildman–Crippen LogP) is 0.618. The van der Waals surface area contributed by atoms with E-state index in [1.807, 2.05) is 13.8 Å². The largest absolute Gasteiger partial charge is 0.370 e. The maximum atomic E-state index is 12.6. The maximum absolute atomic E-state index is 12.6. The number of carbonyl (C=O) groups is 2. The summed E-state index contributed by atoms with van der Waals surface area (Å²) in [7, 11) is 0. The number of hydrogen-bond acceptors (Lipinski definition) is 4. The third kappa shape index (κ3) is 2.31. The lowest BCUT2D eigenvalue weighted by molar-refractivity contribution is -0.134. The molecule has 112 valence electrons. The minimum atomic E-state index is -0.670. The summed E-state index contributed by atoms with van der Waals surface area (Å²) in [4.78, 5) is 26.1. The average molecular weight is 281 g/mol. The van der Waals surface area contributed by atoms with E-state index in [0.29, 0.717) is 19.4 Å². The van der Waals surface area contributed by atoms with E-state index in [9.17, 15) is 9.59 Å². The minimum Gasteiger partial charge on any atom is -0.370 e. The Kier molecular flexibility index (Phi) is 3.25. The highest BCUT2D eigenvalue weighted by atomic mass is 16.5. The van der Waals surface area contributed by atoms with Gasteiger partial charge in [0.15, 0.2) is 0 Å². The zero-order valence-electron chi connectivity index (χ0n) is 12.2. The van der Waals surface area contributed by atoms with E-state index in [1.165, 1.54) is 4.90 Å². The van der Waals surface area contributed by atoms with Crippen molar-refractivity contribution in [2.75, 3.05) is 19.6 Å². The molecule has 3 aliphatic heterocycles. The highest BCUT2D eigenvalue weighted by Gasteiger charge is 2.52. The molecular weight excluding hydrogens is 258 g/mol. The lowest BCUT2D eigenvalue weighted by Crippen LogP contribution is -2.54. The second-order valence-electron chi connectivity index (χ2n) is 6.72. The molecule has 3 saturated heterocycles. The molecule has 0 bridgehead atoms. The van der Waals surface area contributed by atoms with Gasteiger partial charge in [-0.2, -0.15) is 0 Å². The van der Waals surface area contributed by atoms with Crippen LogP contribution in [0, 0.1) is 0 Å². The molecule has 0 radical (unpaired) electrons. The van der Waals surface area contributed by atoms with Crippen molar-refractivity contribution >= 4 is 11.9 Å². The van der Waals surface area contributed by atoms with E-state index >= 15 is 0 Å². The van der Waals surface area contributed by atoms with Gasteiger partial charge in [-0.25, -0.2) is 4.79 Å². The Balaban J connectivity index is 1.68. The highest BCUT2D eigenvalue weighted by Crippen LogP contribution is 2.32. The van der Waals surface area contributed by atoms with Gasteiger partial charge in [-0.15, -0.1) is 0 Å². The van der Waals surface area contributed by atoms with Crippen LogP contribution in [0.3, 0.4) is 0 Å². The first-order chi connectivity index (χ1) is 9.42. The average Bonchev–Trinajstić information content (AvgIpc) is 2.84. The molecule has 0 aromatic carbocycles. The molecule has 1 spiro atoms. The first-order valence-electron chi connectivity index (χ1n) is 7.45. The van der Waals surface area contributed by atoms with E-state index in [2.05, 4.69) is 10.6 Å². The molecule has 0 saturated carbocycles. The topological polar surface area (TPSA) is 70.7 Å². The number of nitrogens with one attached hydrogen (secondary N) is 2. The monoisotopic (exact) mass is 281 g/mol. The smallest absolute Gasteiger partial charge is 0.325 e. The van der Waals surface area contributed by atoms with Crippen molar-refractivity contribution < 1.29 is 14.3 Å².